The molecule has 26 heavy (non-hydrogen) atoms. The van der Waals surface area contributed by atoms with Gasteiger partial charge in [-0.25, -0.2) is 4.98 Å². The van der Waals surface area contributed by atoms with Crippen LogP contribution in [0.5, 0.6) is 0 Å². The molecule has 3 aromatic rings. The normalized spacial score (nSPS) is 17.3. The molecule has 138 valence electrons. The molecule has 0 spiro atoms. The van der Waals surface area contributed by atoms with Gasteiger partial charge in [-0.15, -0.1) is 23.7 Å². The first-order chi connectivity index (χ1) is 12.1. The van der Waals surface area contributed by atoms with E-state index in [1.807, 2.05) is 34.8 Å². The van der Waals surface area contributed by atoms with E-state index in [1.165, 1.54) is 11.3 Å². The molecule has 3 heterocycles. The lowest BCUT2D eigenvalue weighted by Gasteiger charge is -2.35. The number of amides is 1. The highest BCUT2D eigenvalue weighted by atomic mass is 35.5. The van der Waals surface area contributed by atoms with Crippen molar-refractivity contribution < 1.29 is 4.79 Å². The van der Waals surface area contributed by atoms with Crippen LogP contribution in [0.2, 0.25) is 10.0 Å². The standard InChI is InChI=1S/C17H16Cl2N4OS.ClH/c1-22-6-5-21-16(22)12-9-20-4-7-23(12)17(24)15-14(19)11-3-2-10(18)8-13(11)25-15;/h2-3,5-6,8,12,20H,4,7,9H2,1H3;1H. The van der Waals surface area contributed by atoms with E-state index in [4.69, 9.17) is 23.2 Å². The molecule has 9 heteroatoms. The monoisotopic (exact) mass is 430 g/mol. The van der Waals surface area contributed by atoms with Crippen molar-refractivity contribution in [2.45, 2.75) is 6.04 Å². The van der Waals surface area contributed by atoms with Crippen molar-refractivity contribution in [2.75, 3.05) is 19.6 Å². The van der Waals surface area contributed by atoms with Crippen LogP contribution in [0.25, 0.3) is 10.1 Å². The van der Waals surface area contributed by atoms with Crippen molar-refractivity contribution in [1.82, 2.24) is 19.8 Å². The van der Waals surface area contributed by atoms with Gasteiger partial charge >= 0.3 is 0 Å². The zero-order valence-corrected chi connectivity index (χ0v) is 17.1. The number of imidazole rings is 1. The van der Waals surface area contributed by atoms with E-state index >= 15 is 0 Å². The summed E-state index contributed by atoms with van der Waals surface area (Å²) < 4.78 is 2.87. The molecule has 1 unspecified atom stereocenters. The summed E-state index contributed by atoms with van der Waals surface area (Å²) in [5.74, 6) is 0.803. The maximum atomic E-state index is 13.2. The molecule has 0 bridgehead atoms. The summed E-state index contributed by atoms with van der Waals surface area (Å²) in [6, 6.07) is 5.38. The molecule has 1 atom stereocenters. The Balaban J connectivity index is 0.00000196. The number of carbonyl (C=O) groups is 1. The van der Waals surface area contributed by atoms with Crippen LogP contribution in [0.3, 0.4) is 0 Å². The molecule has 1 fully saturated rings. The van der Waals surface area contributed by atoms with Crippen molar-refractivity contribution in [3.8, 4) is 0 Å². The van der Waals surface area contributed by atoms with Gasteiger partial charge in [-0.3, -0.25) is 4.79 Å². The number of nitrogens with zero attached hydrogens (tertiary/aromatic N) is 3. The Hall–Kier alpha value is -1.31. The fourth-order valence-electron chi connectivity index (χ4n) is 3.18. The third kappa shape index (κ3) is 3.32. The van der Waals surface area contributed by atoms with E-state index in [2.05, 4.69) is 10.3 Å². The highest BCUT2D eigenvalue weighted by molar-refractivity contribution is 7.21. The number of rotatable bonds is 2. The van der Waals surface area contributed by atoms with Gasteiger partial charge in [0.1, 0.15) is 16.7 Å². The number of thiophene rings is 1. The van der Waals surface area contributed by atoms with Crippen molar-refractivity contribution in [2.24, 2.45) is 7.05 Å². The Kier molecular flexibility index (Phi) is 5.79. The minimum Gasteiger partial charge on any atom is -0.336 e. The van der Waals surface area contributed by atoms with E-state index in [9.17, 15) is 4.79 Å². The Labute approximate surface area is 171 Å². The predicted molar refractivity (Wildman–Crippen MR) is 109 cm³/mol. The fourth-order valence-corrected chi connectivity index (χ4v) is 4.93. The SMILES string of the molecule is Cl.Cn1ccnc1C1CNCCN1C(=O)c1sc2cc(Cl)ccc2c1Cl. The molecule has 1 amide bonds. The van der Waals surface area contributed by atoms with Gasteiger partial charge in [0.05, 0.1) is 5.02 Å². The molecule has 0 aliphatic carbocycles. The Morgan fingerprint density at radius 1 is 1.38 bits per heavy atom. The zero-order chi connectivity index (χ0) is 17.6. The van der Waals surface area contributed by atoms with Crippen LogP contribution in [-0.2, 0) is 7.05 Å². The van der Waals surface area contributed by atoms with Crippen molar-refractivity contribution in [3.63, 3.8) is 0 Å². The van der Waals surface area contributed by atoms with Crippen molar-refractivity contribution in [1.29, 1.82) is 0 Å². The highest BCUT2D eigenvalue weighted by Gasteiger charge is 2.33. The Bertz CT molecular complexity index is 955. The van der Waals surface area contributed by atoms with E-state index in [1.54, 1.807) is 12.3 Å². The van der Waals surface area contributed by atoms with Gasteiger partial charge in [-0.2, -0.15) is 0 Å². The second-order valence-electron chi connectivity index (χ2n) is 6.00. The molecule has 1 aliphatic rings. The number of benzene rings is 1. The minimum absolute atomic E-state index is 0. The first-order valence-electron chi connectivity index (χ1n) is 7.92. The Morgan fingerprint density at radius 2 is 2.19 bits per heavy atom. The maximum Gasteiger partial charge on any atom is 0.266 e. The third-order valence-corrected chi connectivity index (χ3v) is 6.33. The summed E-state index contributed by atoms with van der Waals surface area (Å²) in [7, 11) is 1.94. The lowest BCUT2D eigenvalue weighted by Crippen LogP contribution is -2.49. The van der Waals surface area contributed by atoms with Crippen LogP contribution in [0.4, 0.5) is 0 Å². The molecule has 5 nitrogen and oxygen atoms in total. The number of piperazine rings is 1. The van der Waals surface area contributed by atoms with E-state index in [0.29, 0.717) is 28.0 Å². The molecule has 1 aliphatic heterocycles. The molecule has 4 rings (SSSR count). The van der Waals surface area contributed by atoms with Gasteiger partial charge in [-0.05, 0) is 12.1 Å². The first-order valence-corrected chi connectivity index (χ1v) is 9.50. The number of carbonyl (C=O) groups excluding carboxylic acids is 1. The summed E-state index contributed by atoms with van der Waals surface area (Å²) in [4.78, 5) is 20.1. The van der Waals surface area contributed by atoms with Crippen molar-refractivity contribution >= 4 is 62.9 Å². The lowest BCUT2D eigenvalue weighted by atomic mass is 10.1. The van der Waals surface area contributed by atoms with Gasteiger partial charge in [0.15, 0.2) is 0 Å². The molecule has 0 saturated carbocycles. The average molecular weight is 432 g/mol. The van der Waals surface area contributed by atoms with Gasteiger partial charge in [0.2, 0.25) is 0 Å². The largest absolute Gasteiger partial charge is 0.336 e. The summed E-state index contributed by atoms with van der Waals surface area (Å²) in [6.45, 7) is 2.04. The fraction of sp³-hybridized carbons (Fsp3) is 0.294. The third-order valence-electron chi connectivity index (χ3n) is 4.45. The summed E-state index contributed by atoms with van der Waals surface area (Å²) in [5, 5.41) is 5.34. The van der Waals surface area contributed by atoms with Crippen LogP contribution < -0.4 is 5.32 Å². The second kappa shape index (κ2) is 7.74. The molecule has 0 radical (unpaired) electrons. The molecular weight excluding hydrogens is 415 g/mol. The van der Waals surface area contributed by atoms with Gasteiger partial charge in [-0.1, -0.05) is 29.3 Å². The highest BCUT2D eigenvalue weighted by Crippen LogP contribution is 2.38. The molecule has 1 aromatic carbocycles. The van der Waals surface area contributed by atoms with E-state index in [0.717, 1.165) is 22.5 Å². The van der Waals surface area contributed by atoms with Crippen LogP contribution in [-0.4, -0.2) is 40.0 Å². The van der Waals surface area contributed by atoms with Crippen LogP contribution >= 0.6 is 46.9 Å². The molecule has 1 saturated heterocycles. The van der Waals surface area contributed by atoms with E-state index in [-0.39, 0.29) is 24.4 Å². The van der Waals surface area contributed by atoms with E-state index < -0.39 is 0 Å². The minimum atomic E-state index is -0.119. The number of halogens is 3. The summed E-state index contributed by atoms with van der Waals surface area (Å²) in [5.41, 5.74) is 0. The molecule has 1 N–H and O–H groups in total. The van der Waals surface area contributed by atoms with Crippen LogP contribution in [0, 0.1) is 0 Å². The van der Waals surface area contributed by atoms with Crippen LogP contribution in [0.1, 0.15) is 21.5 Å². The smallest absolute Gasteiger partial charge is 0.266 e. The van der Waals surface area contributed by atoms with Gasteiger partial charge < -0.3 is 14.8 Å². The first kappa shape index (κ1) is 19.5. The number of aromatic nitrogens is 2. The summed E-state index contributed by atoms with van der Waals surface area (Å²) in [6.07, 6.45) is 3.64. The van der Waals surface area contributed by atoms with Gasteiger partial charge in [0.25, 0.3) is 5.91 Å². The number of nitrogens with one attached hydrogen (secondary N) is 1. The topological polar surface area (TPSA) is 50.2 Å². The zero-order valence-electron chi connectivity index (χ0n) is 13.9. The maximum absolute atomic E-state index is 13.2. The van der Waals surface area contributed by atoms with Crippen LogP contribution in [0.15, 0.2) is 30.6 Å². The quantitative estimate of drug-likeness (QED) is 0.663. The van der Waals surface area contributed by atoms with Crippen molar-refractivity contribution in [3.05, 3.63) is 51.3 Å². The number of hydrogen-bond acceptors (Lipinski definition) is 4. The number of fused-ring (bicyclic) bond motifs is 1. The average Bonchev–Trinajstić information content (AvgIpc) is 3.17. The predicted octanol–water partition coefficient (Wildman–Crippen LogP) is 4.15. The lowest BCUT2D eigenvalue weighted by molar-refractivity contribution is 0.0626. The molecular formula is C17H17Cl3N4OS. The number of aryl methyl sites for hydroxylation is 1. The van der Waals surface area contributed by atoms with Gasteiger partial charge in [0, 0.05) is 54.2 Å². The molecule has 2 aromatic heterocycles. The summed E-state index contributed by atoms with van der Waals surface area (Å²) >= 11 is 14.0. The second-order valence-corrected chi connectivity index (χ2v) is 7.87. The number of hydrogen-bond donors (Lipinski definition) is 1. The Morgan fingerprint density at radius 3 is 2.92 bits per heavy atom.